The van der Waals surface area contributed by atoms with Gasteiger partial charge in [-0.1, -0.05) is 108 Å². The highest BCUT2D eigenvalue weighted by molar-refractivity contribution is 5.89. The van der Waals surface area contributed by atoms with Gasteiger partial charge in [0.25, 0.3) is 5.91 Å². The maximum atomic E-state index is 14.6. The number of ether oxygens (including phenoxy) is 2. The van der Waals surface area contributed by atoms with E-state index in [0.29, 0.717) is 12.2 Å². The summed E-state index contributed by atoms with van der Waals surface area (Å²) >= 11 is 0. The minimum absolute atomic E-state index is 0.118. The van der Waals surface area contributed by atoms with E-state index in [1.165, 1.54) is 25.2 Å². The van der Waals surface area contributed by atoms with E-state index in [-0.39, 0.29) is 44.3 Å². The number of aliphatic hydroxyl groups excluding tert-OH is 1. The van der Waals surface area contributed by atoms with Crippen LogP contribution in [0.3, 0.4) is 0 Å². The first-order valence-electron chi connectivity index (χ1n) is 20.9. The van der Waals surface area contributed by atoms with Crippen LogP contribution in [0.5, 0.6) is 0 Å². The average Bonchev–Trinajstić information content (AvgIpc) is 3.59. The zero-order chi connectivity index (χ0) is 45.9. The summed E-state index contributed by atoms with van der Waals surface area (Å²) in [5.74, 6) is -1.58. The minimum Gasteiger partial charge on any atom is -0.464 e. The number of aromatic nitrogens is 2. The van der Waals surface area contributed by atoms with Crippen LogP contribution in [-0.4, -0.2) is 118 Å². The van der Waals surface area contributed by atoms with Crippen LogP contribution < -0.4 is 16.1 Å². The SMILES string of the molecule is COC(=O)N[C@H](C(=O)NN(Cc1ccc(-c2ccccn2)cc1)C[C@H](O)[C@H](Cc1ccccc1)NC(=O)[C@@H](N1CCN(Cc2cccc(C(=O)OC)n2)C1=O)C(C)(C)C)C(C)(C)C. The number of hydrazine groups is 1. The number of methoxy groups -OCH3 is 2. The van der Waals surface area contributed by atoms with Crippen molar-refractivity contribution in [3.63, 3.8) is 0 Å². The highest BCUT2D eigenvalue weighted by atomic mass is 16.5. The molecule has 1 aliphatic rings. The molecule has 2 aromatic carbocycles. The Bertz CT molecular complexity index is 2180. The molecule has 2 aromatic heterocycles. The number of carbonyl (C=O) groups is 5. The highest BCUT2D eigenvalue weighted by Crippen LogP contribution is 2.29. The molecule has 0 bridgehead atoms. The van der Waals surface area contributed by atoms with E-state index in [0.717, 1.165) is 22.4 Å². The summed E-state index contributed by atoms with van der Waals surface area (Å²) in [6.07, 6.45) is -0.0920. The normalized spacial score (nSPS) is 15.0. The molecule has 16 heteroatoms. The van der Waals surface area contributed by atoms with Crippen molar-refractivity contribution in [2.75, 3.05) is 33.9 Å². The average molecular weight is 865 g/mol. The molecular formula is C47H60N8O8. The number of esters is 1. The van der Waals surface area contributed by atoms with Crippen molar-refractivity contribution in [3.05, 3.63) is 120 Å². The molecular weight excluding hydrogens is 805 g/mol. The molecule has 0 unspecified atom stereocenters. The number of carbonyl (C=O) groups excluding carboxylic acids is 5. The summed E-state index contributed by atoms with van der Waals surface area (Å²) in [7, 11) is 2.49. The van der Waals surface area contributed by atoms with Gasteiger partial charge in [-0.3, -0.25) is 20.0 Å². The molecule has 1 aliphatic heterocycles. The Morgan fingerprint density at radius 2 is 1.49 bits per heavy atom. The van der Waals surface area contributed by atoms with E-state index in [1.54, 1.807) is 28.2 Å². The van der Waals surface area contributed by atoms with Gasteiger partial charge in [0.1, 0.15) is 17.8 Å². The predicted molar refractivity (Wildman–Crippen MR) is 236 cm³/mol. The summed E-state index contributed by atoms with van der Waals surface area (Å²) in [6.45, 7) is 11.7. The van der Waals surface area contributed by atoms with Gasteiger partial charge < -0.3 is 35.0 Å². The van der Waals surface area contributed by atoms with Crippen molar-refractivity contribution in [2.24, 2.45) is 10.8 Å². The fourth-order valence-corrected chi connectivity index (χ4v) is 7.49. The third-order valence-electron chi connectivity index (χ3n) is 10.7. The van der Waals surface area contributed by atoms with Crippen LogP contribution in [0, 0.1) is 10.8 Å². The van der Waals surface area contributed by atoms with E-state index in [2.05, 4.69) is 26.0 Å². The Balaban J connectivity index is 1.41. The fourth-order valence-electron chi connectivity index (χ4n) is 7.49. The summed E-state index contributed by atoms with van der Waals surface area (Å²) < 4.78 is 9.63. The number of pyridine rings is 2. The maximum Gasteiger partial charge on any atom is 0.407 e. The van der Waals surface area contributed by atoms with Gasteiger partial charge in [-0.2, -0.15) is 0 Å². The molecule has 5 rings (SSSR count). The predicted octanol–water partition coefficient (Wildman–Crippen LogP) is 4.98. The van der Waals surface area contributed by atoms with Crippen molar-refractivity contribution in [3.8, 4) is 11.3 Å². The highest BCUT2D eigenvalue weighted by Gasteiger charge is 2.44. The Morgan fingerprint density at radius 3 is 2.11 bits per heavy atom. The van der Waals surface area contributed by atoms with Gasteiger partial charge in [-0.25, -0.2) is 24.4 Å². The van der Waals surface area contributed by atoms with Gasteiger partial charge in [0, 0.05) is 37.9 Å². The second-order valence-electron chi connectivity index (χ2n) is 17.7. The zero-order valence-corrected chi connectivity index (χ0v) is 37.3. The number of amides is 5. The monoisotopic (exact) mass is 864 g/mol. The Kier molecular flexibility index (Phi) is 16.0. The molecule has 63 heavy (non-hydrogen) atoms. The Labute approximate surface area is 369 Å². The number of hydrogen-bond acceptors (Lipinski definition) is 11. The van der Waals surface area contributed by atoms with Gasteiger partial charge >= 0.3 is 18.1 Å². The van der Waals surface area contributed by atoms with Crippen molar-refractivity contribution in [2.45, 2.75) is 85.3 Å². The largest absolute Gasteiger partial charge is 0.464 e. The first-order chi connectivity index (χ1) is 29.9. The lowest BCUT2D eigenvalue weighted by Gasteiger charge is -2.38. The molecule has 1 saturated heterocycles. The van der Waals surface area contributed by atoms with Crippen molar-refractivity contribution >= 4 is 29.9 Å². The van der Waals surface area contributed by atoms with Crippen LogP contribution >= 0.6 is 0 Å². The van der Waals surface area contributed by atoms with Crippen molar-refractivity contribution in [1.29, 1.82) is 0 Å². The number of hydrogen-bond donors (Lipinski definition) is 4. The first-order valence-corrected chi connectivity index (χ1v) is 20.9. The quantitative estimate of drug-likeness (QED) is 0.0827. The van der Waals surface area contributed by atoms with E-state index >= 15 is 0 Å². The topological polar surface area (TPSA) is 196 Å². The lowest BCUT2D eigenvalue weighted by Crippen LogP contribution is -2.61. The van der Waals surface area contributed by atoms with Crippen LogP contribution in [0.25, 0.3) is 11.3 Å². The smallest absolute Gasteiger partial charge is 0.407 e. The number of alkyl carbamates (subject to hydrolysis) is 1. The summed E-state index contributed by atoms with van der Waals surface area (Å²) in [5, 5.41) is 19.5. The van der Waals surface area contributed by atoms with Crippen LogP contribution in [0.2, 0.25) is 0 Å². The second-order valence-corrected chi connectivity index (χ2v) is 17.7. The van der Waals surface area contributed by atoms with Crippen molar-refractivity contribution < 1.29 is 38.6 Å². The summed E-state index contributed by atoms with van der Waals surface area (Å²) in [5.41, 5.74) is 5.42. The van der Waals surface area contributed by atoms with Gasteiger partial charge in [-0.05, 0) is 52.6 Å². The minimum atomic E-state index is -1.26. The summed E-state index contributed by atoms with van der Waals surface area (Å²) in [4.78, 5) is 79.1. The Hall–Kier alpha value is -6.39. The van der Waals surface area contributed by atoms with Crippen LogP contribution in [-0.2, 0) is 38.6 Å². The molecule has 0 aliphatic carbocycles. The standard InChI is InChI=1S/C47H60N8O8/c1-46(2,3)39(51-44(60)63-8)41(57)52-54(28-32-20-22-33(23-21-32)35-18-12-13-24-48-35)30-38(56)37(27-31-15-10-9-11-16-31)50-42(58)40(47(4,5)6)55-26-25-53(45(55)61)29-34-17-14-19-36(49-34)43(59)62-7/h9-24,37-40,56H,25-30H2,1-8H3,(H,50,58)(H,51,60)(H,52,57)/t37-,38-,39+,40+/m0/s1. The molecule has 1 fully saturated rings. The van der Waals surface area contributed by atoms with E-state index < -0.39 is 58.9 Å². The lowest BCUT2D eigenvalue weighted by molar-refractivity contribution is -0.133. The van der Waals surface area contributed by atoms with Crippen molar-refractivity contribution in [1.82, 2.24) is 40.8 Å². The number of nitrogens with one attached hydrogen (secondary N) is 3. The fraction of sp³-hybridized carbons (Fsp3) is 0.426. The molecule has 336 valence electrons. The van der Waals surface area contributed by atoms with E-state index in [9.17, 15) is 29.1 Å². The van der Waals surface area contributed by atoms with Crippen LogP contribution in [0.1, 0.15) is 68.9 Å². The molecule has 4 atom stereocenters. The number of rotatable bonds is 17. The van der Waals surface area contributed by atoms with Crippen LogP contribution in [0.15, 0.2) is 97.2 Å². The maximum absolute atomic E-state index is 14.6. The summed E-state index contributed by atoms with van der Waals surface area (Å²) in [6, 6.07) is 24.4. The van der Waals surface area contributed by atoms with Gasteiger partial charge in [-0.15, -0.1) is 0 Å². The number of aliphatic hydroxyl groups is 1. The molecule has 3 heterocycles. The van der Waals surface area contributed by atoms with E-state index in [1.807, 2.05) is 114 Å². The number of nitrogens with zero attached hydrogens (tertiary/aromatic N) is 5. The first kappa shape index (κ1) is 47.7. The molecule has 4 N–H and O–H groups in total. The van der Waals surface area contributed by atoms with Crippen LogP contribution in [0.4, 0.5) is 9.59 Å². The zero-order valence-electron chi connectivity index (χ0n) is 37.3. The van der Waals surface area contributed by atoms with Gasteiger partial charge in [0.15, 0.2) is 0 Å². The molecule has 16 nitrogen and oxygen atoms in total. The van der Waals surface area contributed by atoms with Gasteiger partial charge in [0.2, 0.25) is 5.91 Å². The van der Waals surface area contributed by atoms with Gasteiger partial charge in [0.05, 0.1) is 44.3 Å². The second kappa shape index (κ2) is 21.1. The third kappa shape index (κ3) is 13.1. The number of benzene rings is 2. The molecule has 0 radical (unpaired) electrons. The molecule has 5 amide bonds. The molecule has 0 spiro atoms. The molecule has 0 saturated carbocycles. The number of urea groups is 1. The van der Waals surface area contributed by atoms with E-state index in [4.69, 9.17) is 9.47 Å². The lowest BCUT2D eigenvalue weighted by atomic mass is 9.84. The Morgan fingerprint density at radius 1 is 0.794 bits per heavy atom. The third-order valence-corrected chi connectivity index (χ3v) is 10.7. The molecule has 4 aromatic rings.